The molecule has 1 saturated heterocycles. The van der Waals surface area contributed by atoms with Crippen molar-refractivity contribution < 1.29 is 58.5 Å². The number of carboxylic acid groups (broad SMARTS) is 1. The fourth-order valence-corrected chi connectivity index (χ4v) is 6.28. The van der Waals surface area contributed by atoms with Crippen molar-refractivity contribution >= 4 is 17.9 Å². The van der Waals surface area contributed by atoms with Crippen molar-refractivity contribution in [1.82, 2.24) is 0 Å². The number of cyclic esters (lactones) is 1. The van der Waals surface area contributed by atoms with Gasteiger partial charge in [0.2, 0.25) is 5.76 Å². The number of allylic oxidation sites excluding steroid dienone is 5. The van der Waals surface area contributed by atoms with Crippen LogP contribution in [0.2, 0.25) is 0 Å². The fourth-order valence-electron chi connectivity index (χ4n) is 6.28. The number of aliphatic hydroxyl groups excluding tert-OH is 2. The van der Waals surface area contributed by atoms with Gasteiger partial charge in [-0.05, 0) is 39.2 Å². The highest BCUT2D eigenvalue weighted by Crippen LogP contribution is 2.41. The number of methoxy groups -OCH3 is 2. The van der Waals surface area contributed by atoms with Gasteiger partial charge in [-0.15, -0.1) is 0 Å². The van der Waals surface area contributed by atoms with E-state index in [4.69, 9.17) is 28.8 Å². The molecular formula is C37H56O12. The van der Waals surface area contributed by atoms with Crippen molar-refractivity contribution in [3.63, 3.8) is 0 Å². The Balaban J connectivity index is 2.49. The number of aliphatic carboxylic acids is 1. The topological polar surface area (TPSA) is 178 Å². The lowest BCUT2D eigenvalue weighted by Crippen LogP contribution is -2.58. The lowest BCUT2D eigenvalue weighted by Gasteiger charge is -2.49. The van der Waals surface area contributed by atoms with E-state index in [0.717, 1.165) is 11.6 Å². The van der Waals surface area contributed by atoms with Gasteiger partial charge in [0.1, 0.15) is 18.3 Å². The Kier molecular flexibility index (Phi) is 16.4. The van der Waals surface area contributed by atoms with Gasteiger partial charge in [0, 0.05) is 49.4 Å². The molecule has 12 heteroatoms. The molecule has 276 valence electrons. The lowest BCUT2D eigenvalue weighted by atomic mass is 9.77. The maximum absolute atomic E-state index is 13.5. The number of carbonyl (C=O) groups is 3. The van der Waals surface area contributed by atoms with Gasteiger partial charge >= 0.3 is 17.9 Å². The van der Waals surface area contributed by atoms with E-state index in [2.05, 4.69) is 0 Å². The largest absolute Gasteiger partial charge is 0.490 e. The second-order valence-electron chi connectivity index (χ2n) is 13.3. The zero-order valence-electron chi connectivity index (χ0n) is 30.2. The first-order valence-corrected chi connectivity index (χ1v) is 16.9. The van der Waals surface area contributed by atoms with Crippen LogP contribution in [0.4, 0.5) is 0 Å². The van der Waals surface area contributed by atoms with E-state index in [1.165, 1.54) is 20.3 Å². The molecule has 0 aliphatic carbocycles. The van der Waals surface area contributed by atoms with Crippen LogP contribution in [0.15, 0.2) is 59.4 Å². The predicted molar refractivity (Wildman–Crippen MR) is 182 cm³/mol. The normalized spacial score (nSPS) is 36.4. The molecule has 0 spiro atoms. The van der Waals surface area contributed by atoms with Crippen LogP contribution in [-0.4, -0.2) is 95.0 Å². The molecule has 2 aliphatic rings. The quantitative estimate of drug-likeness (QED) is 0.188. The summed E-state index contributed by atoms with van der Waals surface area (Å²) >= 11 is 0. The van der Waals surface area contributed by atoms with Crippen molar-refractivity contribution in [2.75, 3.05) is 14.2 Å². The molecule has 0 radical (unpaired) electrons. The molecule has 2 heterocycles. The molecule has 49 heavy (non-hydrogen) atoms. The van der Waals surface area contributed by atoms with Gasteiger partial charge in [0.25, 0.3) is 0 Å². The molecule has 0 unspecified atom stereocenters. The molecule has 0 aromatic rings. The second kappa shape index (κ2) is 19.2. The van der Waals surface area contributed by atoms with Crippen LogP contribution >= 0.6 is 0 Å². The van der Waals surface area contributed by atoms with Crippen LogP contribution in [0.1, 0.15) is 74.1 Å². The first kappa shape index (κ1) is 41.9. The summed E-state index contributed by atoms with van der Waals surface area (Å²) in [6.07, 6.45) is 6.47. The van der Waals surface area contributed by atoms with E-state index < -0.39 is 72.2 Å². The molecular weight excluding hydrogens is 636 g/mol. The Morgan fingerprint density at radius 2 is 1.84 bits per heavy atom. The van der Waals surface area contributed by atoms with Gasteiger partial charge in [-0.25, -0.2) is 14.4 Å². The zero-order chi connectivity index (χ0) is 37.1. The molecule has 0 amide bonds. The van der Waals surface area contributed by atoms with Crippen molar-refractivity contribution in [1.29, 1.82) is 0 Å². The van der Waals surface area contributed by atoms with Crippen LogP contribution in [0.25, 0.3) is 0 Å². The van der Waals surface area contributed by atoms with Crippen molar-refractivity contribution in [2.45, 2.75) is 117 Å². The third kappa shape index (κ3) is 11.9. The first-order valence-electron chi connectivity index (χ1n) is 16.9. The van der Waals surface area contributed by atoms with Crippen LogP contribution < -0.4 is 0 Å². The zero-order valence-corrected chi connectivity index (χ0v) is 30.2. The Bertz CT molecular complexity index is 1280. The average Bonchev–Trinajstić information content (AvgIpc) is 3.05. The van der Waals surface area contributed by atoms with Crippen LogP contribution in [0.5, 0.6) is 0 Å². The number of hydrogen-bond acceptors (Lipinski definition) is 11. The minimum Gasteiger partial charge on any atom is -0.490 e. The van der Waals surface area contributed by atoms with Crippen LogP contribution in [-0.2, 0) is 38.1 Å². The van der Waals surface area contributed by atoms with E-state index in [1.807, 2.05) is 32.9 Å². The SMILES string of the molecule is CC[C@H]1O[C@@](O)([C@@H](C)[C@H](O)[C@@H](C)[C@@H]2OC(=O)/C(OC)=C\C(C)=C/[C@@H](C)[C@@H](O)CC/C(C)=C/C=C/[C@@H]2OC)C[C@@H](OC(=O)/C=C/C(=O)O)[C@@H]1C. The van der Waals surface area contributed by atoms with Gasteiger partial charge in [-0.2, -0.15) is 0 Å². The van der Waals surface area contributed by atoms with Crippen LogP contribution in [0.3, 0.4) is 0 Å². The molecule has 0 saturated carbocycles. The van der Waals surface area contributed by atoms with Gasteiger partial charge in [0.05, 0.1) is 25.4 Å². The highest BCUT2D eigenvalue weighted by Gasteiger charge is 2.52. The molecule has 0 bridgehead atoms. The number of hydrogen-bond donors (Lipinski definition) is 4. The van der Waals surface area contributed by atoms with E-state index >= 15 is 0 Å². The minimum absolute atomic E-state index is 0.0903. The Labute approximate surface area is 290 Å². The summed E-state index contributed by atoms with van der Waals surface area (Å²) in [5.41, 5.74) is 1.71. The molecule has 11 atom stereocenters. The standard InChI is InChI=1S/C37H56O12/c1-10-28-24(5)31(47-33(41)17-16-32(39)40)20-37(44,49-28)26(7)34(42)25(6)35-29(45-8)13-11-12-21(2)14-15-27(38)23(4)18-22(3)19-30(46-9)36(43)48-35/h11-13,16-19,23-29,31,34-35,38,42,44H,10,14-15,20H2,1-9H3,(H,39,40)/b13-11+,17-16+,21-12+,22-18-,30-19+/t23-,24-,25-,26+,27+,28-,29+,31-,34-,35+,37-/m1/s1. The molecule has 12 nitrogen and oxygen atoms in total. The summed E-state index contributed by atoms with van der Waals surface area (Å²) < 4.78 is 28.9. The Hall–Kier alpha value is -3.29. The maximum atomic E-state index is 13.5. The molecule has 0 aromatic carbocycles. The molecule has 0 aromatic heterocycles. The van der Waals surface area contributed by atoms with Gasteiger partial charge in [0.15, 0.2) is 5.79 Å². The van der Waals surface area contributed by atoms with Crippen molar-refractivity contribution in [2.24, 2.45) is 23.7 Å². The second-order valence-corrected chi connectivity index (χ2v) is 13.3. The van der Waals surface area contributed by atoms with Gasteiger partial charge in [-0.1, -0.05) is 70.1 Å². The Morgan fingerprint density at radius 3 is 2.43 bits per heavy atom. The Morgan fingerprint density at radius 1 is 1.16 bits per heavy atom. The van der Waals surface area contributed by atoms with Crippen LogP contribution in [0, 0.1) is 23.7 Å². The first-order chi connectivity index (χ1) is 23.0. The minimum atomic E-state index is -1.97. The molecule has 2 rings (SSSR count). The van der Waals surface area contributed by atoms with Gasteiger partial charge in [-0.3, -0.25) is 0 Å². The smallest absolute Gasteiger partial charge is 0.373 e. The summed E-state index contributed by atoms with van der Waals surface area (Å²) in [6.45, 7) is 12.6. The van der Waals surface area contributed by atoms with E-state index in [0.29, 0.717) is 30.9 Å². The number of ether oxygens (including phenoxy) is 5. The number of rotatable bonds is 10. The van der Waals surface area contributed by atoms with E-state index in [1.54, 1.807) is 39.8 Å². The summed E-state index contributed by atoms with van der Waals surface area (Å²) in [7, 11) is 2.79. The van der Waals surface area contributed by atoms with Crippen molar-refractivity contribution in [3.8, 4) is 0 Å². The number of aliphatic hydroxyl groups is 3. The highest BCUT2D eigenvalue weighted by atomic mass is 16.6. The monoisotopic (exact) mass is 692 g/mol. The van der Waals surface area contributed by atoms with Crippen molar-refractivity contribution in [3.05, 3.63) is 59.4 Å². The summed E-state index contributed by atoms with van der Waals surface area (Å²) in [4.78, 5) is 36.8. The highest BCUT2D eigenvalue weighted by molar-refractivity contribution is 5.90. The van der Waals surface area contributed by atoms with E-state index in [-0.39, 0.29) is 24.0 Å². The summed E-state index contributed by atoms with van der Waals surface area (Å²) in [5, 5.41) is 43.3. The third-order valence-electron chi connectivity index (χ3n) is 9.60. The lowest BCUT2D eigenvalue weighted by molar-refractivity contribution is -0.323. The molecule has 2 aliphatic heterocycles. The summed E-state index contributed by atoms with van der Waals surface area (Å²) in [5.74, 6) is -7.40. The number of carbonyl (C=O) groups excluding carboxylic acids is 2. The maximum Gasteiger partial charge on any atom is 0.373 e. The molecule has 1 fully saturated rings. The third-order valence-corrected chi connectivity index (χ3v) is 9.60. The van der Waals surface area contributed by atoms with E-state index in [9.17, 15) is 29.7 Å². The number of carboxylic acids is 1. The number of esters is 2. The molecule has 4 N–H and O–H groups in total. The fraction of sp³-hybridized carbons (Fsp3) is 0.649. The predicted octanol–water partition coefficient (Wildman–Crippen LogP) is 4.39. The average molecular weight is 693 g/mol. The van der Waals surface area contributed by atoms with Gasteiger partial charge < -0.3 is 44.1 Å². The summed E-state index contributed by atoms with van der Waals surface area (Å²) in [6, 6.07) is 0.